The van der Waals surface area contributed by atoms with Crippen molar-refractivity contribution in [3.8, 4) is 6.07 Å². The normalized spacial score (nSPS) is 19.6. The SMILES string of the molecule is CN1CCN(NCC(C)(C)CCC#N)CC1. The van der Waals surface area contributed by atoms with Crippen molar-refractivity contribution < 1.29 is 0 Å². The molecule has 1 N–H and O–H groups in total. The molecule has 0 aliphatic carbocycles. The number of likely N-dealkylation sites (N-methyl/N-ethyl adjacent to an activating group) is 1. The molecule has 16 heavy (non-hydrogen) atoms. The lowest BCUT2D eigenvalue weighted by molar-refractivity contribution is 0.0864. The minimum absolute atomic E-state index is 0.207. The Hall–Kier alpha value is -0.630. The summed E-state index contributed by atoms with van der Waals surface area (Å²) >= 11 is 0. The summed E-state index contributed by atoms with van der Waals surface area (Å²) in [6.07, 6.45) is 1.61. The molecular formula is C12H24N4. The molecule has 4 nitrogen and oxygen atoms in total. The first-order valence-electron chi connectivity index (χ1n) is 6.07. The predicted molar refractivity (Wildman–Crippen MR) is 65.7 cm³/mol. The van der Waals surface area contributed by atoms with Crippen LogP contribution in [0.3, 0.4) is 0 Å². The van der Waals surface area contributed by atoms with Gasteiger partial charge >= 0.3 is 0 Å². The van der Waals surface area contributed by atoms with Gasteiger partial charge in [0.2, 0.25) is 0 Å². The van der Waals surface area contributed by atoms with Crippen LogP contribution in [0.4, 0.5) is 0 Å². The second-order valence-corrected chi connectivity index (χ2v) is 5.45. The van der Waals surface area contributed by atoms with Gasteiger partial charge in [0.1, 0.15) is 0 Å². The van der Waals surface area contributed by atoms with Gasteiger partial charge in [0.15, 0.2) is 0 Å². The van der Waals surface area contributed by atoms with E-state index < -0.39 is 0 Å². The second kappa shape index (κ2) is 6.19. The molecule has 1 saturated heterocycles. The number of piperazine rings is 1. The van der Waals surface area contributed by atoms with Crippen LogP contribution in [-0.2, 0) is 0 Å². The highest BCUT2D eigenvalue weighted by atomic mass is 15.5. The Morgan fingerprint density at radius 2 is 1.88 bits per heavy atom. The molecule has 1 heterocycles. The minimum Gasteiger partial charge on any atom is -0.304 e. The molecule has 0 aromatic heterocycles. The molecule has 0 saturated carbocycles. The summed E-state index contributed by atoms with van der Waals surface area (Å²) in [6, 6.07) is 2.22. The number of nitrogens with one attached hydrogen (secondary N) is 1. The molecule has 0 aromatic rings. The van der Waals surface area contributed by atoms with E-state index in [-0.39, 0.29) is 5.41 Å². The van der Waals surface area contributed by atoms with Gasteiger partial charge in [-0.15, -0.1) is 0 Å². The number of hydrogen-bond acceptors (Lipinski definition) is 4. The van der Waals surface area contributed by atoms with Gasteiger partial charge < -0.3 is 4.90 Å². The van der Waals surface area contributed by atoms with E-state index in [2.05, 4.69) is 42.3 Å². The van der Waals surface area contributed by atoms with Crippen LogP contribution in [0, 0.1) is 16.7 Å². The van der Waals surface area contributed by atoms with Gasteiger partial charge in [-0.1, -0.05) is 13.8 Å². The highest BCUT2D eigenvalue weighted by Crippen LogP contribution is 2.20. The summed E-state index contributed by atoms with van der Waals surface area (Å²) in [5.41, 5.74) is 3.70. The molecular weight excluding hydrogens is 200 g/mol. The molecule has 0 radical (unpaired) electrons. The van der Waals surface area contributed by atoms with Crippen molar-refractivity contribution in [1.82, 2.24) is 15.3 Å². The standard InChI is InChI=1S/C12H24N4/c1-12(2,5-4-6-13)11-14-16-9-7-15(3)8-10-16/h14H,4-5,7-11H2,1-3H3. The van der Waals surface area contributed by atoms with Gasteiger partial charge in [0.05, 0.1) is 6.07 Å². The maximum atomic E-state index is 8.59. The Bertz CT molecular complexity index is 236. The van der Waals surface area contributed by atoms with Gasteiger partial charge in [-0.2, -0.15) is 5.26 Å². The zero-order valence-corrected chi connectivity index (χ0v) is 10.8. The highest BCUT2D eigenvalue weighted by Gasteiger charge is 2.20. The fourth-order valence-electron chi connectivity index (χ4n) is 1.77. The van der Waals surface area contributed by atoms with E-state index in [4.69, 9.17) is 5.26 Å². The first kappa shape index (κ1) is 13.4. The van der Waals surface area contributed by atoms with Gasteiger partial charge in [-0.05, 0) is 18.9 Å². The highest BCUT2D eigenvalue weighted by molar-refractivity contribution is 4.79. The van der Waals surface area contributed by atoms with Crippen LogP contribution in [-0.4, -0.2) is 49.7 Å². The third-order valence-electron chi connectivity index (χ3n) is 3.20. The molecule has 92 valence electrons. The van der Waals surface area contributed by atoms with E-state index >= 15 is 0 Å². The average Bonchev–Trinajstić information content (AvgIpc) is 2.26. The van der Waals surface area contributed by atoms with E-state index in [0.717, 1.165) is 39.1 Å². The molecule has 1 rings (SSSR count). The van der Waals surface area contributed by atoms with Crippen molar-refractivity contribution >= 4 is 0 Å². The topological polar surface area (TPSA) is 42.3 Å². The van der Waals surface area contributed by atoms with Crippen molar-refractivity contribution in [2.45, 2.75) is 26.7 Å². The molecule has 0 spiro atoms. The number of nitriles is 1. The van der Waals surface area contributed by atoms with Crippen molar-refractivity contribution in [2.24, 2.45) is 5.41 Å². The minimum atomic E-state index is 0.207. The summed E-state index contributed by atoms with van der Waals surface area (Å²) < 4.78 is 0. The van der Waals surface area contributed by atoms with E-state index in [1.807, 2.05) is 0 Å². The lowest BCUT2D eigenvalue weighted by atomic mass is 9.88. The van der Waals surface area contributed by atoms with Crippen molar-refractivity contribution in [2.75, 3.05) is 39.8 Å². The fourth-order valence-corrected chi connectivity index (χ4v) is 1.77. The van der Waals surface area contributed by atoms with Crippen LogP contribution in [0.1, 0.15) is 26.7 Å². The molecule has 4 heteroatoms. The average molecular weight is 224 g/mol. The predicted octanol–water partition coefficient (Wildman–Crippen LogP) is 1.07. The summed E-state index contributed by atoms with van der Waals surface area (Å²) in [5.74, 6) is 0. The molecule has 0 aromatic carbocycles. The molecule has 0 atom stereocenters. The van der Waals surface area contributed by atoms with Crippen molar-refractivity contribution in [3.05, 3.63) is 0 Å². The van der Waals surface area contributed by atoms with Crippen LogP contribution in [0.15, 0.2) is 0 Å². The third kappa shape index (κ3) is 4.93. The lowest BCUT2D eigenvalue weighted by Crippen LogP contribution is -2.52. The zero-order valence-electron chi connectivity index (χ0n) is 10.8. The van der Waals surface area contributed by atoms with E-state index in [1.54, 1.807) is 0 Å². The summed E-state index contributed by atoms with van der Waals surface area (Å²) in [7, 11) is 2.16. The Morgan fingerprint density at radius 3 is 2.44 bits per heavy atom. The number of hydrogen-bond donors (Lipinski definition) is 1. The van der Waals surface area contributed by atoms with Gasteiger partial charge in [0, 0.05) is 39.1 Å². The lowest BCUT2D eigenvalue weighted by Gasteiger charge is -2.35. The first-order valence-corrected chi connectivity index (χ1v) is 6.07. The van der Waals surface area contributed by atoms with Crippen molar-refractivity contribution in [1.29, 1.82) is 5.26 Å². The maximum Gasteiger partial charge on any atom is 0.0621 e. The molecule has 0 bridgehead atoms. The van der Waals surface area contributed by atoms with Gasteiger partial charge in [-0.25, -0.2) is 5.01 Å². The molecule has 0 unspecified atom stereocenters. The summed E-state index contributed by atoms with van der Waals surface area (Å²) in [6.45, 7) is 9.83. The monoisotopic (exact) mass is 224 g/mol. The largest absolute Gasteiger partial charge is 0.304 e. The molecule has 0 amide bonds. The Morgan fingerprint density at radius 1 is 1.25 bits per heavy atom. The Balaban J connectivity index is 2.20. The summed E-state index contributed by atoms with van der Waals surface area (Å²) in [4.78, 5) is 2.35. The van der Waals surface area contributed by atoms with Crippen molar-refractivity contribution in [3.63, 3.8) is 0 Å². The van der Waals surface area contributed by atoms with Crippen LogP contribution in [0.2, 0.25) is 0 Å². The van der Waals surface area contributed by atoms with Gasteiger partial charge in [-0.3, -0.25) is 5.43 Å². The smallest absolute Gasteiger partial charge is 0.0621 e. The number of rotatable bonds is 5. The third-order valence-corrected chi connectivity index (χ3v) is 3.20. The molecule has 1 fully saturated rings. The van der Waals surface area contributed by atoms with E-state index in [1.165, 1.54) is 0 Å². The van der Waals surface area contributed by atoms with E-state index in [9.17, 15) is 0 Å². The maximum absolute atomic E-state index is 8.59. The van der Waals surface area contributed by atoms with Gasteiger partial charge in [0.25, 0.3) is 0 Å². The number of hydrazine groups is 1. The first-order chi connectivity index (χ1) is 7.53. The Labute approximate surface area is 99.2 Å². The number of nitrogens with zero attached hydrogens (tertiary/aromatic N) is 3. The fraction of sp³-hybridized carbons (Fsp3) is 0.917. The van der Waals surface area contributed by atoms with Crippen LogP contribution in [0.5, 0.6) is 0 Å². The van der Waals surface area contributed by atoms with E-state index in [0.29, 0.717) is 6.42 Å². The summed E-state index contributed by atoms with van der Waals surface area (Å²) in [5, 5.41) is 10.9. The quantitative estimate of drug-likeness (QED) is 0.758. The van der Waals surface area contributed by atoms with Crippen LogP contribution in [0.25, 0.3) is 0 Å². The molecule has 1 aliphatic heterocycles. The second-order valence-electron chi connectivity index (χ2n) is 5.45. The van der Waals surface area contributed by atoms with Crippen LogP contribution < -0.4 is 5.43 Å². The Kier molecular flexibility index (Phi) is 5.20. The zero-order chi connectivity index (χ0) is 12.0. The molecule has 1 aliphatic rings. The van der Waals surface area contributed by atoms with Crippen LogP contribution >= 0.6 is 0 Å².